The Morgan fingerprint density at radius 1 is 1.20 bits per heavy atom. The molecule has 1 aliphatic heterocycles. The van der Waals surface area contributed by atoms with Gasteiger partial charge in [-0.15, -0.1) is 12.4 Å². The van der Waals surface area contributed by atoms with Gasteiger partial charge < -0.3 is 5.73 Å². The summed E-state index contributed by atoms with van der Waals surface area (Å²) in [6, 6.07) is 9.60. The van der Waals surface area contributed by atoms with E-state index in [1.807, 2.05) is 0 Å². The molecule has 2 aliphatic rings. The molecule has 2 nitrogen and oxygen atoms in total. The topological polar surface area (TPSA) is 29.3 Å². The molecule has 1 aromatic rings. The predicted octanol–water partition coefficient (Wildman–Crippen LogP) is 3.55. The van der Waals surface area contributed by atoms with Crippen LogP contribution in [0.25, 0.3) is 0 Å². The van der Waals surface area contributed by atoms with E-state index < -0.39 is 0 Å². The van der Waals surface area contributed by atoms with Gasteiger partial charge in [0, 0.05) is 12.6 Å². The number of halogens is 1. The molecule has 1 aliphatic carbocycles. The van der Waals surface area contributed by atoms with Gasteiger partial charge in [0.2, 0.25) is 0 Å². The Morgan fingerprint density at radius 2 is 1.90 bits per heavy atom. The Labute approximate surface area is 129 Å². The van der Waals surface area contributed by atoms with E-state index in [0.717, 1.165) is 18.4 Å². The third kappa shape index (κ3) is 3.97. The van der Waals surface area contributed by atoms with Crippen LogP contribution in [0.3, 0.4) is 0 Å². The van der Waals surface area contributed by atoms with Crippen LogP contribution in [0.5, 0.6) is 0 Å². The molecular weight excluding hydrogens is 268 g/mol. The molecule has 1 aromatic carbocycles. The number of nitrogens with two attached hydrogens (primary N) is 1. The summed E-state index contributed by atoms with van der Waals surface area (Å²) in [6.45, 7) is 5.69. The van der Waals surface area contributed by atoms with Gasteiger partial charge in [-0.3, -0.25) is 4.90 Å². The highest BCUT2D eigenvalue weighted by molar-refractivity contribution is 5.85. The number of likely N-dealkylation sites (tertiary alicyclic amines) is 1. The zero-order chi connectivity index (χ0) is 13.2. The summed E-state index contributed by atoms with van der Waals surface area (Å²) in [4.78, 5) is 2.59. The molecule has 0 aromatic heterocycles. The lowest BCUT2D eigenvalue weighted by Crippen LogP contribution is -2.39. The maximum atomic E-state index is 6.01. The van der Waals surface area contributed by atoms with Crippen LogP contribution in [0, 0.1) is 5.92 Å². The third-order valence-corrected chi connectivity index (χ3v) is 4.78. The van der Waals surface area contributed by atoms with Crippen LogP contribution < -0.4 is 5.73 Å². The standard InChI is InChI=1S/C17H26N2.ClH/c1-13(18)15-7-9-19(10-8-15)12-14-3-2-4-17(11-14)16-5-6-16;/h2-4,11,13,15-16H,5-10,12,18H2,1H3;1H. The lowest BCUT2D eigenvalue weighted by atomic mass is 9.91. The van der Waals surface area contributed by atoms with Crippen molar-refractivity contribution in [1.29, 1.82) is 0 Å². The van der Waals surface area contributed by atoms with Crippen molar-refractivity contribution in [2.75, 3.05) is 13.1 Å². The highest BCUT2D eigenvalue weighted by Gasteiger charge is 2.24. The quantitative estimate of drug-likeness (QED) is 0.920. The maximum absolute atomic E-state index is 6.01. The highest BCUT2D eigenvalue weighted by Crippen LogP contribution is 2.40. The zero-order valence-corrected chi connectivity index (χ0v) is 13.2. The molecule has 2 fully saturated rings. The SMILES string of the molecule is CC(N)C1CCN(Cc2cccc(C3CC3)c2)CC1.Cl. The molecule has 1 atom stereocenters. The van der Waals surface area contributed by atoms with Crippen LogP contribution in [0.1, 0.15) is 49.7 Å². The fourth-order valence-electron chi connectivity index (χ4n) is 3.26. The van der Waals surface area contributed by atoms with Gasteiger partial charge in [0.1, 0.15) is 0 Å². The second-order valence-corrected chi connectivity index (χ2v) is 6.49. The second kappa shape index (κ2) is 6.93. The van der Waals surface area contributed by atoms with Crippen molar-refractivity contribution in [2.45, 2.75) is 51.1 Å². The van der Waals surface area contributed by atoms with Gasteiger partial charge in [-0.2, -0.15) is 0 Å². The largest absolute Gasteiger partial charge is 0.328 e. The number of piperidine rings is 1. The maximum Gasteiger partial charge on any atom is 0.0233 e. The Morgan fingerprint density at radius 3 is 2.50 bits per heavy atom. The van der Waals surface area contributed by atoms with E-state index in [4.69, 9.17) is 5.73 Å². The molecule has 0 amide bonds. The molecule has 0 bridgehead atoms. The average Bonchev–Trinajstić information content (AvgIpc) is 3.24. The molecule has 3 heteroatoms. The fourth-order valence-corrected chi connectivity index (χ4v) is 3.26. The minimum absolute atomic E-state index is 0. The first-order valence-electron chi connectivity index (χ1n) is 7.79. The Balaban J connectivity index is 0.00000147. The van der Waals surface area contributed by atoms with E-state index in [0.29, 0.717) is 6.04 Å². The fraction of sp³-hybridized carbons (Fsp3) is 0.647. The summed E-state index contributed by atoms with van der Waals surface area (Å²) in [6.07, 6.45) is 5.31. The summed E-state index contributed by atoms with van der Waals surface area (Å²) in [5.41, 5.74) is 9.05. The van der Waals surface area contributed by atoms with Crippen LogP contribution in [0.4, 0.5) is 0 Å². The summed E-state index contributed by atoms with van der Waals surface area (Å²) in [5.74, 6) is 1.60. The highest BCUT2D eigenvalue weighted by atomic mass is 35.5. The molecule has 1 heterocycles. The molecular formula is C17H27ClN2. The van der Waals surface area contributed by atoms with Gasteiger partial charge in [-0.05, 0) is 68.7 Å². The number of benzene rings is 1. The van der Waals surface area contributed by atoms with E-state index >= 15 is 0 Å². The average molecular weight is 295 g/mol. The lowest BCUT2D eigenvalue weighted by molar-refractivity contribution is 0.165. The second-order valence-electron chi connectivity index (χ2n) is 6.49. The monoisotopic (exact) mass is 294 g/mol. The van der Waals surface area contributed by atoms with Gasteiger partial charge in [-0.25, -0.2) is 0 Å². The zero-order valence-electron chi connectivity index (χ0n) is 12.4. The molecule has 0 radical (unpaired) electrons. The molecule has 1 unspecified atom stereocenters. The number of hydrogen-bond acceptors (Lipinski definition) is 2. The van der Waals surface area contributed by atoms with Crippen molar-refractivity contribution in [2.24, 2.45) is 11.7 Å². The molecule has 3 rings (SSSR count). The van der Waals surface area contributed by atoms with E-state index in [1.54, 1.807) is 5.56 Å². The van der Waals surface area contributed by atoms with Crippen molar-refractivity contribution in [1.82, 2.24) is 4.90 Å². The first kappa shape index (κ1) is 15.8. The lowest BCUT2D eigenvalue weighted by Gasteiger charge is -2.33. The van der Waals surface area contributed by atoms with Gasteiger partial charge in [0.25, 0.3) is 0 Å². The number of rotatable bonds is 4. The predicted molar refractivity (Wildman–Crippen MR) is 87.3 cm³/mol. The minimum atomic E-state index is 0. The summed E-state index contributed by atoms with van der Waals surface area (Å²) >= 11 is 0. The molecule has 2 N–H and O–H groups in total. The van der Waals surface area contributed by atoms with Crippen LogP contribution in [-0.4, -0.2) is 24.0 Å². The number of hydrogen-bond donors (Lipinski definition) is 1. The molecule has 1 saturated carbocycles. The molecule has 0 spiro atoms. The Kier molecular flexibility index (Phi) is 5.48. The third-order valence-electron chi connectivity index (χ3n) is 4.78. The van der Waals surface area contributed by atoms with E-state index in [1.165, 1.54) is 44.3 Å². The van der Waals surface area contributed by atoms with E-state index in [9.17, 15) is 0 Å². The van der Waals surface area contributed by atoms with Gasteiger partial charge in [0.15, 0.2) is 0 Å². The van der Waals surface area contributed by atoms with E-state index in [2.05, 4.69) is 36.1 Å². The van der Waals surface area contributed by atoms with Crippen molar-refractivity contribution in [3.05, 3.63) is 35.4 Å². The minimum Gasteiger partial charge on any atom is -0.328 e. The normalized spacial score (nSPS) is 22.3. The molecule has 112 valence electrons. The van der Waals surface area contributed by atoms with Crippen LogP contribution in [0.15, 0.2) is 24.3 Å². The Hall–Kier alpha value is -0.570. The van der Waals surface area contributed by atoms with Crippen LogP contribution >= 0.6 is 12.4 Å². The smallest absolute Gasteiger partial charge is 0.0233 e. The first-order valence-corrected chi connectivity index (χ1v) is 7.79. The van der Waals surface area contributed by atoms with Crippen LogP contribution in [0.2, 0.25) is 0 Å². The van der Waals surface area contributed by atoms with Gasteiger partial charge in [-0.1, -0.05) is 24.3 Å². The van der Waals surface area contributed by atoms with Crippen molar-refractivity contribution < 1.29 is 0 Å². The Bertz CT molecular complexity index is 421. The van der Waals surface area contributed by atoms with Crippen LogP contribution in [-0.2, 0) is 6.54 Å². The van der Waals surface area contributed by atoms with Crippen molar-refractivity contribution in [3.8, 4) is 0 Å². The van der Waals surface area contributed by atoms with Crippen molar-refractivity contribution in [3.63, 3.8) is 0 Å². The summed E-state index contributed by atoms with van der Waals surface area (Å²) in [7, 11) is 0. The summed E-state index contributed by atoms with van der Waals surface area (Å²) in [5, 5.41) is 0. The summed E-state index contributed by atoms with van der Waals surface area (Å²) < 4.78 is 0. The van der Waals surface area contributed by atoms with E-state index in [-0.39, 0.29) is 12.4 Å². The van der Waals surface area contributed by atoms with Gasteiger partial charge in [0.05, 0.1) is 0 Å². The molecule has 1 saturated heterocycles. The van der Waals surface area contributed by atoms with Crippen molar-refractivity contribution >= 4 is 12.4 Å². The molecule has 20 heavy (non-hydrogen) atoms. The number of nitrogens with zero attached hydrogens (tertiary/aromatic N) is 1. The first-order chi connectivity index (χ1) is 9.22. The van der Waals surface area contributed by atoms with Gasteiger partial charge >= 0.3 is 0 Å².